The number of rotatable bonds is 6. The first-order chi connectivity index (χ1) is 12.9. The van der Waals surface area contributed by atoms with Gasteiger partial charge in [0.15, 0.2) is 5.16 Å². The van der Waals surface area contributed by atoms with E-state index in [2.05, 4.69) is 4.98 Å². The zero-order chi connectivity index (χ0) is 19.4. The summed E-state index contributed by atoms with van der Waals surface area (Å²) in [6, 6.07) is 7.60. The quantitative estimate of drug-likeness (QED) is 0.743. The second kappa shape index (κ2) is 9.10. The van der Waals surface area contributed by atoms with Crippen molar-refractivity contribution in [2.45, 2.75) is 44.4 Å². The molecule has 1 N–H and O–H groups in total. The number of halogens is 1. The number of thioether (sulfide) groups is 1. The van der Waals surface area contributed by atoms with Crippen LogP contribution in [0.2, 0.25) is 5.02 Å². The Bertz CT molecular complexity index is 771. The molecule has 2 heterocycles. The van der Waals surface area contributed by atoms with Crippen molar-refractivity contribution in [2.75, 3.05) is 18.8 Å². The average Bonchev–Trinajstić information content (AvgIpc) is 3.02. The Hall–Kier alpha value is -1.54. The highest BCUT2D eigenvalue weighted by molar-refractivity contribution is 7.99. The lowest BCUT2D eigenvalue weighted by Crippen LogP contribution is -2.48. The van der Waals surface area contributed by atoms with Crippen LogP contribution in [-0.4, -0.2) is 56.5 Å². The number of aliphatic hydroxyl groups is 1. The van der Waals surface area contributed by atoms with E-state index >= 15 is 0 Å². The van der Waals surface area contributed by atoms with Gasteiger partial charge in [-0.25, -0.2) is 4.98 Å². The maximum atomic E-state index is 12.6. The summed E-state index contributed by atoms with van der Waals surface area (Å²) in [5.74, 6) is 0.385. The lowest BCUT2D eigenvalue weighted by atomic mass is 10.2. The molecule has 1 aliphatic heterocycles. The van der Waals surface area contributed by atoms with E-state index in [0.29, 0.717) is 36.1 Å². The standard InChI is InChI=1S/C19H24ClN3O3S/c1-13-7-22(8-14(2)26-13)18(25)12-27-19-21-17(11-24)10-23(19)9-15-3-5-16(20)6-4-15/h3-6,10,13-14,24H,7-9,11-12H2,1-2H3/t13-,14-/m1/s1. The molecule has 27 heavy (non-hydrogen) atoms. The lowest BCUT2D eigenvalue weighted by Gasteiger charge is -2.35. The van der Waals surface area contributed by atoms with Crippen molar-refractivity contribution in [2.24, 2.45) is 0 Å². The van der Waals surface area contributed by atoms with Crippen molar-refractivity contribution in [3.05, 3.63) is 46.7 Å². The molecule has 1 fully saturated rings. The molecule has 0 bridgehead atoms. The third-order valence-electron chi connectivity index (χ3n) is 4.32. The second-order valence-corrected chi connectivity index (χ2v) is 8.15. The van der Waals surface area contributed by atoms with Gasteiger partial charge in [-0.05, 0) is 31.5 Å². The van der Waals surface area contributed by atoms with Gasteiger partial charge in [-0.2, -0.15) is 0 Å². The zero-order valence-electron chi connectivity index (χ0n) is 15.5. The Morgan fingerprint density at radius 1 is 1.30 bits per heavy atom. The molecule has 0 unspecified atom stereocenters. The highest BCUT2D eigenvalue weighted by Gasteiger charge is 2.26. The van der Waals surface area contributed by atoms with Crippen LogP contribution in [0.4, 0.5) is 0 Å². The van der Waals surface area contributed by atoms with Crippen LogP contribution in [0.15, 0.2) is 35.6 Å². The van der Waals surface area contributed by atoms with Crippen LogP contribution in [0.1, 0.15) is 25.1 Å². The number of aliphatic hydroxyl groups excluding tert-OH is 1. The maximum Gasteiger partial charge on any atom is 0.233 e. The molecule has 0 spiro atoms. The molecule has 2 atom stereocenters. The van der Waals surface area contributed by atoms with Gasteiger partial charge < -0.3 is 19.3 Å². The minimum atomic E-state index is -0.131. The normalized spacial score (nSPS) is 20.1. The number of aromatic nitrogens is 2. The highest BCUT2D eigenvalue weighted by Crippen LogP contribution is 2.22. The van der Waals surface area contributed by atoms with Crippen molar-refractivity contribution >= 4 is 29.3 Å². The predicted molar refractivity (Wildman–Crippen MR) is 106 cm³/mol. The van der Waals surface area contributed by atoms with E-state index in [1.54, 1.807) is 0 Å². The Kier molecular flexibility index (Phi) is 6.81. The van der Waals surface area contributed by atoms with E-state index < -0.39 is 0 Å². The van der Waals surface area contributed by atoms with Crippen molar-refractivity contribution < 1.29 is 14.6 Å². The third-order valence-corrected chi connectivity index (χ3v) is 5.54. The molecule has 1 aromatic heterocycles. The molecule has 0 saturated carbocycles. The molecule has 0 aliphatic carbocycles. The van der Waals surface area contributed by atoms with Crippen LogP contribution in [0.5, 0.6) is 0 Å². The van der Waals surface area contributed by atoms with Gasteiger partial charge in [-0.1, -0.05) is 35.5 Å². The number of morpholine rings is 1. The van der Waals surface area contributed by atoms with E-state index in [1.165, 1.54) is 11.8 Å². The molecule has 0 radical (unpaired) electrons. The summed E-state index contributed by atoms with van der Waals surface area (Å²) >= 11 is 7.34. The van der Waals surface area contributed by atoms with Gasteiger partial charge in [0.25, 0.3) is 0 Å². The molecule has 1 aliphatic rings. The summed E-state index contributed by atoms with van der Waals surface area (Å²) in [7, 11) is 0. The Labute approximate surface area is 168 Å². The van der Waals surface area contributed by atoms with Crippen molar-refractivity contribution in [1.82, 2.24) is 14.5 Å². The van der Waals surface area contributed by atoms with Crippen molar-refractivity contribution in [3.63, 3.8) is 0 Å². The van der Waals surface area contributed by atoms with E-state index in [9.17, 15) is 9.90 Å². The Balaban J connectivity index is 1.66. The molecule has 6 nitrogen and oxygen atoms in total. The first-order valence-corrected chi connectivity index (χ1v) is 10.3. The summed E-state index contributed by atoms with van der Waals surface area (Å²) < 4.78 is 7.64. The van der Waals surface area contributed by atoms with E-state index in [1.807, 2.05) is 53.8 Å². The van der Waals surface area contributed by atoms with E-state index in [-0.39, 0.29) is 24.7 Å². The minimum Gasteiger partial charge on any atom is -0.390 e. The number of hydrogen-bond acceptors (Lipinski definition) is 5. The number of carbonyl (C=O) groups excluding carboxylic acids is 1. The van der Waals surface area contributed by atoms with Gasteiger partial charge in [-0.15, -0.1) is 0 Å². The molecule has 1 saturated heterocycles. The van der Waals surface area contributed by atoms with Gasteiger partial charge in [0, 0.05) is 30.9 Å². The SMILES string of the molecule is C[C@@H]1CN(C(=O)CSc2nc(CO)cn2Cc2ccc(Cl)cc2)C[C@@H](C)O1. The van der Waals surface area contributed by atoms with Crippen LogP contribution in [0, 0.1) is 0 Å². The largest absolute Gasteiger partial charge is 0.390 e. The van der Waals surface area contributed by atoms with Gasteiger partial charge in [0.05, 0.1) is 30.3 Å². The first-order valence-electron chi connectivity index (χ1n) is 8.92. The first kappa shape index (κ1) is 20.2. The topological polar surface area (TPSA) is 67.6 Å². The van der Waals surface area contributed by atoms with E-state index in [0.717, 1.165) is 10.7 Å². The fourth-order valence-corrected chi connectivity index (χ4v) is 4.17. The predicted octanol–water partition coefficient (Wildman–Crippen LogP) is 2.81. The van der Waals surface area contributed by atoms with Crippen LogP contribution < -0.4 is 0 Å². The van der Waals surface area contributed by atoms with Gasteiger partial charge in [0.2, 0.25) is 5.91 Å². The Morgan fingerprint density at radius 2 is 1.96 bits per heavy atom. The molecule has 2 aromatic rings. The van der Waals surface area contributed by atoms with Crippen molar-refractivity contribution in [3.8, 4) is 0 Å². The number of benzene rings is 1. The number of imidazole rings is 1. The summed E-state index contributed by atoms with van der Waals surface area (Å²) in [5, 5.41) is 10.8. The Morgan fingerprint density at radius 3 is 2.59 bits per heavy atom. The van der Waals surface area contributed by atoms with Crippen LogP contribution in [0.25, 0.3) is 0 Å². The van der Waals surface area contributed by atoms with Gasteiger partial charge >= 0.3 is 0 Å². The smallest absolute Gasteiger partial charge is 0.233 e. The number of nitrogens with zero attached hydrogens (tertiary/aromatic N) is 3. The van der Waals surface area contributed by atoms with Crippen LogP contribution >= 0.6 is 23.4 Å². The van der Waals surface area contributed by atoms with Gasteiger partial charge in [0.1, 0.15) is 0 Å². The molecule has 146 valence electrons. The number of amides is 1. The lowest BCUT2D eigenvalue weighted by molar-refractivity contribution is -0.140. The monoisotopic (exact) mass is 409 g/mol. The van der Waals surface area contributed by atoms with E-state index in [4.69, 9.17) is 16.3 Å². The highest BCUT2D eigenvalue weighted by atomic mass is 35.5. The second-order valence-electron chi connectivity index (χ2n) is 6.77. The van der Waals surface area contributed by atoms with Crippen molar-refractivity contribution in [1.29, 1.82) is 0 Å². The van der Waals surface area contributed by atoms with Gasteiger partial charge in [-0.3, -0.25) is 4.79 Å². The number of hydrogen-bond donors (Lipinski definition) is 1. The summed E-state index contributed by atoms with van der Waals surface area (Å²) in [4.78, 5) is 18.9. The number of ether oxygens (including phenoxy) is 1. The summed E-state index contributed by atoms with van der Waals surface area (Å²) in [6.45, 7) is 5.67. The fraction of sp³-hybridized carbons (Fsp3) is 0.474. The maximum absolute atomic E-state index is 12.6. The minimum absolute atomic E-state index is 0.0515. The average molecular weight is 410 g/mol. The number of carbonyl (C=O) groups is 1. The zero-order valence-corrected chi connectivity index (χ0v) is 17.0. The molecular weight excluding hydrogens is 386 g/mol. The molecule has 3 rings (SSSR count). The van der Waals surface area contributed by atoms with Crippen LogP contribution in [-0.2, 0) is 22.7 Å². The molecule has 1 amide bonds. The molecule has 8 heteroatoms. The molecular formula is C19H24ClN3O3S. The summed E-state index contributed by atoms with van der Waals surface area (Å²) in [6.07, 6.45) is 1.92. The van der Waals surface area contributed by atoms with Crippen LogP contribution in [0.3, 0.4) is 0 Å². The fourth-order valence-electron chi connectivity index (χ4n) is 3.14. The molecule has 1 aromatic carbocycles. The summed E-state index contributed by atoms with van der Waals surface area (Å²) in [5.41, 5.74) is 1.66. The third kappa shape index (κ3) is 5.48.